The van der Waals surface area contributed by atoms with Gasteiger partial charge in [-0.25, -0.2) is 13.4 Å². The zero-order valence-electron chi connectivity index (χ0n) is 14.2. The van der Waals surface area contributed by atoms with Crippen molar-refractivity contribution in [3.63, 3.8) is 0 Å². The summed E-state index contributed by atoms with van der Waals surface area (Å²) < 4.78 is 27.8. The number of sulfone groups is 1. The molecule has 0 aliphatic rings. The van der Waals surface area contributed by atoms with Crippen LogP contribution in [0.3, 0.4) is 0 Å². The summed E-state index contributed by atoms with van der Waals surface area (Å²) >= 11 is 0. The largest absolute Gasteiger partial charge is 0.478 e. The lowest BCUT2D eigenvalue weighted by atomic mass is 10.2. The van der Waals surface area contributed by atoms with Crippen LogP contribution in [-0.4, -0.2) is 51.1 Å². The summed E-state index contributed by atoms with van der Waals surface area (Å²) in [5.41, 5.74) is 1.02. The quantitative estimate of drug-likeness (QED) is 0.540. The fraction of sp³-hybridized carbons (Fsp3) is 0.600. The van der Waals surface area contributed by atoms with Gasteiger partial charge in [-0.15, -0.1) is 0 Å². The molecule has 1 aromatic heterocycles. The Labute approximate surface area is 138 Å². The Morgan fingerprint density at radius 1 is 1.48 bits per heavy atom. The molecule has 0 radical (unpaired) electrons. The predicted molar refractivity (Wildman–Crippen MR) is 92.5 cm³/mol. The lowest BCUT2D eigenvalue weighted by Gasteiger charge is -2.17. The van der Waals surface area contributed by atoms with Crippen LogP contribution < -0.4 is 15.4 Å². The highest BCUT2D eigenvalue weighted by atomic mass is 32.2. The van der Waals surface area contributed by atoms with E-state index >= 15 is 0 Å². The fourth-order valence-electron chi connectivity index (χ4n) is 1.86. The molecule has 1 rings (SSSR count). The molecule has 1 unspecified atom stereocenters. The van der Waals surface area contributed by atoms with Crippen molar-refractivity contribution in [3.8, 4) is 5.88 Å². The van der Waals surface area contributed by atoms with E-state index in [9.17, 15) is 8.42 Å². The highest BCUT2D eigenvalue weighted by Gasteiger charge is 2.09. The second-order valence-electron chi connectivity index (χ2n) is 5.33. The van der Waals surface area contributed by atoms with Gasteiger partial charge in [-0.3, -0.25) is 4.99 Å². The monoisotopic (exact) mass is 342 g/mol. The molecule has 0 aliphatic carbocycles. The number of aliphatic imine (C=N–C) groups is 1. The van der Waals surface area contributed by atoms with Gasteiger partial charge in [0.2, 0.25) is 5.88 Å². The van der Waals surface area contributed by atoms with Crippen molar-refractivity contribution in [3.05, 3.63) is 23.9 Å². The Bertz CT molecular complexity index is 617. The van der Waals surface area contributed by atoms with Gasteiger partial charge in [0.25, 0.3) is 0 Å². The van der Waals surface area contributed by atoms with E-state index in [2.05, 4.69) is 20.6 Å². The molecular weight excluding hydrogens is 316 g/mol. The average molecular weight is 342 g/mol. The lowest BCUT2D eigenvalue weighted by Crippen LogP contribution is -2.42. The van der Waals surface area contributed by atoms with E-state index in [-0.39, 0.29) is 11.8 Å². The second-order valence-corrected chi connectivity index (χ2v) is 7.58. The first-order valence-electron chi connectivity index (χ1n) is 7.56. The first-order chi connectivity index (χ1) is 10.8. The maximum Gasteiger partial charge on any atom is 0.213 e. The summed E-state index contributed by atoms with van der Waals surface area (Å²) in [4.78, 5) is 8.26. The predicted octanol–water partition coefficient (Wildman–Crippen LogP) is 0.969. The molecule has 1 aromatic rings. The van der Waals surface area contributed by atoms with E-state index < -0.39 is 9.84 Å². The molecule has 0 saturated carbocycles. The molecule has 7 nitrogen and oxygen atoms in total. The smallest absolute Gasteiger partial charge is 0.213 e. The van der Waals surface area contributed by atoms with Crippen LogP contribution in [0.25, 0.3) is 0 Å². The Morgan fingerprint density at radius 2 is 2.22 bits per heavy atom. The lowest BCUT2D eigenvalue weighted by molar-refractivity contribution is 0.326. The number of ether oxygens (including phenoxy) is 1. The molecule has 1 heterocycles. The Morgan fingerprint density at radius 3 is 2.83 bits per heavy atom. The molecule has 0 spiro atoms. The van der Waals surface area contributed by atoms with Crippen LogP contribution >= 0.6 is 0 Å². The summed E-state index contributed by atoms with van der Waals surface area (Å²) in [7, 11) is -1.27. The number of pyridine rings is 1. The van der Waals surface area contributed by atoms with Crippen LogP contribution in [-0.2, 0) is 16.4 Å². The molecule has 23 heavy (non-hydrogen) atoms. The minimum atomic E-state index is -2.95. The molecule has 130 valence electrons. The molecule has 0 aromatic carbocycles. The number of guanidine groups is 1. The second kappa shape index (κ2) is 9.34. The van der Waals surface area contributed by atoms with Crippen LogP contribution in [0.2, 0.25) is 0 Å². The minimum absolute atomic E-state index is 0.00681. The van der Waals surface area contributed by atoms with E-state index in [1.54, 1.807) is 13.2 Å². The van der Waals surface area contributed by atoms with Gasteiger partial charge in [0.1, 0.15) is 9.84 Å². The number of nitrogens with one attached hydrogen (secondary N) is 2. The van der Waals surface area contributed by atoms with Gasteiger partial charge in [-0.2, -0.15) is 0 Å². The van der Waals surface area contributed by atoms with Crippen molar-refractivity contribution >= 4 is 15.8 Å². The van der Waals surface area contributed by atoms with Crippen molar-refractivity contribution in [1.82, 2.24) is 15.6 Å². The summed E-state index contributed by atoms with van der Waals surface area (Å²) in [5.74, 6) is 1.37. The van der Waals surface area contributed by atoms with Gasteiger partial charge in [0.15, 0.2) is 5.96 Å². The maximum absolute atomic E-state index is 11.2. The van der Waals surface area contributed by atoms with Crippen molar-refractivity contribution in [1.29, 1.82) is 0 Å². The average Bonchev–Trinajstić information content (AvgIpc) is 2.49. The molecule has 8 heteroatoms. The number of hydrogen-bond donors (Lipinski definition) is 2. The van der Waals surface area contributed by atoms with E-state index in [0.717, 1.165) is 5.56 Å². The van der Waals surface area contributed by atoms with Crippen LogP contribution in [0.15, 0.2) is 23.3 Å². The number of nitrogens with zero attached hydrogens (tertiary/aromatic N) is 2. The van der Waals surface area contributed by atoms with Crippen molar-refractivity contribution < 1.29 is 13.2 Å². The molecule has 0 amide bonds. The highest BCUT2D eigenvalue weighted by Crippen LogP contribution is 2.08. The molecular formula is C15H26N4O3S. The van der Waals surface area contributed by atoms with E-state index in [1.807, 2.05) is 26.0 Å². The van der Waals surface area contributed by atoms with Gasteiger partial charge >= 0.3 is 0 Å². The zero-order chi connectivity index (χ0) is 17.3. The molecule has 0 aliphatic heterocycles. The molecule has 1 atom stereocenters. The Balaban J connectivity index is 2.49. The number of hydrogen-bond acceptors (Lipinski definition) is 5. The minimum Gasteiger partial charge on any atom is -0.478 e. The van der Waals surface area contributed by atoms with E-state index in [1.165, 1.54) is 6.26 Å². The molecule has 2 N–H and O–H groups in total. The van der Waals surface area contributed by atoms with Gasteiger partial charge < -0.3 is 15.4 Å². The SMILES string of the molecule is CCOc1cc(CNC(=NC)NC(C)CCS(C)(=O)=O)ccn1. The van der Waals surface area contributed by atoms with Gasteiger partial charge in [0.05, 0.1) is 12.4 Å². The van der Waals surface area contributed by atoms with Crippen molar-refractivity contribution in [2.75, 3.05) is 25.7 Å². The maximum atomic E-state index is 11.2. The standard InChI is InChI=1S/C15H26N4O3S/c1-5-22-14-10-13(6-8-17-14)11-18-15(16-3)19-12(2)7-9-23(4,20)21/h6,8,10,12H,5,7,9,11H2,1-4H3,(H2,16,18,19). The van der Waals surface area contributed by atoms with Crippen LogP contribution in [0.4, 0.5) is 0 Å². The van der Waals surface area contributed by atoms with Gasteiger partial charge in [-0.05, 0) is 31.9 Å². The zero-order valence-corrected chi connectivity index (χ0v) is 15.0. The molecule has 0 bridgehead atoms. The number of aromatic nitrogens is 1. The normalized spacial score (nSPS) is 13.5. The first kappa shape index (κ1) is 19.2. The summed E-state index contributed by atoms with van der Waals surface area (Å²) in [6, 6.07) is 3.78. The topological polar surface area (TPSA) is 92.7 Å². The van der Waals surface area contributed by atoms with Gasteiger partial charge in [0, 0.05) is 38.2 Å². The third kappa shape index (κ3) is 8.39. The fourth-order valence-corrected chi connectivity index (χ4v) is 2.65. The summed E-state index contributed by atoms with van der Waals surface area (Å²) in [5, 5.41) is 6.37. The molecule has 0 saturated heterocycles. The number of rotatable bonds is 8. The summed E-state index contributed by atoms with van der Waals surface area (Å²) in [6.45, 7) is 4.99. The summed E-state index contributed by atoms with van der Waals surface area (Å²) in [6.07, 6.45) is 3.47. The van der Waals surface area contributed by atoms with Crippen LogP contribution in [0.1, 0.15) is 25.8 Å². The first-order valence-corrected chi connectivity index (χ1v) is 9.62. The third-order valence-corrected chi connectivity index (χ3v) is 4.06. The van der Waals surface area contributed by atoms with Gasteiger partial charge in [-0.1, -0.05) is 0 Å². The van der Waals surface area contributed by atoms with Crippen LogP contribution in [0.5, 0.6) is 5.88 Å². The van der Waals surface area contributed by atoms with E-state index in [0.29, 0.717) is 31.4 Å². The van der Waals surface area contributed by atoms with Crippen molar-refractivity contribution in [2.45, 2.75) is 32.9 Å². The Kier molecular flexibility index (Phi) is 7.80. The Hall–Kier alpha value is -1.83. The molecule has 0 fully saturated rings. The van der Waals surface area contributed by atoms with Crippen LogP contribution in [0, 0.1) is 0 Å². The van der Waals surface area contributed by atoms with Crippen molar-refractivity contribution in [2.24, 2.45) is 4.99 Å². The third-order valence-electron chi connectivity index (χ3n) is 3.08. The highest BCUT2D eigenvalue weighted by molar-refractivity contribution is 7.90. The van der Waals surface area contributed by atoms with E-state index in [4.69, 9.17) is 4.74 Å².